The molecule has 0 unspecified atom stereocenters. The minimum absolute atomic E-state index is 0.0160. The Kier molecular flexibility index (Phi) is 4.75. The number of non-ortho nitro benzene ring substituents is 1. The molecule has 0 atom stereocenters. The summed E-state index contributed by atoms with van der Waals surface area (Å²) in [6.45, 7) is -0.149. The van der Waals surface area contributed by atoms with Crippen molar-refractivity contribution in [2.45, 2.75) is 11.5 Å². The van der Waals surface area contributed by atoms with Crippen molar-refractivity contribution in [3.05, 3.63) is 69.8 Å². The third-order valence-electron chi connectivity index (χ3n) is 2.99. The van der Waals surface area contributed by atoms with Gasteiger partial charge in [0.25, 0.3) is 5.69 Å². The van der Waals surface area contributed by atoms with Crippen LogP contribution in [0.15, 0.2) is 53.4 Å². The van der Waals surface area contributed by atoms with Gasteiger partial charge >= 0.3 is 5.97 Å². The third-order valence-corrected chi connectivity index (χ3v) is 4.10. The van der Waals surface area contributed by atoms with Crippen molar-refractivity contribution in [2.75, 3.05) is 6.26 Å². The lowest BCUT2D eigenvalue weighted by Gasteiger charge is -2.06. The second kappa shape index (κ2) is 6.57. The highest BCUT2D eigenvalue weighted by atomic mass is 32.2. The highest BCUT2D eigenvalue weighted by molar-refractivity contribution is 7.90. The molecule has 23 heavy (non-hydrogen) atoms. The lowest BCUT2D eigenvalue weighted by Crippen LogP contribution is -2.07. The molecule has 120 valence electrons. The van der Waals surface area contributed by atoms with Crippen LogP contribution < -0.4 is 0 Å². The Morgan fingerprint density at radius 3 is 2.52 bits per heavy atom. The topological polar surface area (TPSA) is 104 Å². The van der Waals surface area contributed by atoms with Gasteiger partial charge in [-0.15, -0.1) is 0 Å². The van der Waals surface area contributed by atoms with E-state index in [1.54, 1.807) is 6.07 Å². The standard InChI is InChI=1S/C15H13NO6S/c1-23(20,21)14-7-3-5-12(9-14)15(17)22-10-11-4-2-6-13(8-11)16(18)19/h2-9H,10H2,1H3. The summed E-state index contributed by atoms with van der Waals surface area (Å²) >= 11 is 0. The summed E-state index contributed by atoms with van der Waals surface area (Å²) in [6.07, 6.45) is 1.04. The van der Waals surface area contributed by atoms with Gasteiger partial charge in [0.05, 0.1) is 15.4 Å². The lowest BCUT2D eigenvalue weighted by atomic mass is 10.2. The first kappa shape index (κ1) is 16.6. The fourth-order valence-corrected chi connectivity index (χ4v) is 2.51. The van der Waals surface area contributed by atoms with Gasteiger partial charge in [0, 0.05) is 18.4 Å². The summed E-state index contributed by atoms with van der Waals surface area (Å²) in [6, 6.07) is 11.2. The van der Waals surface area contributed by atoms with Crippen molar-refractivity contribution >= 4 is 21.5 Å². The molecule has 0 aromatic heterocycles. The first-order valence-electron chi connectivity index (χ1n) is 6.48. The molecule has 0 fully saturated rings. The van der Waals surface area contributed by atoms with Crippen LogP contribution in [-0.4, -0.2) is 25.6 Å². The van der Waals surface area contributed by atoms with Crippen LogP contribution in [0.25, 0.3) is 0 Å². The third kappa shape index (κ3) is 4.36. The average molecular weight is 335 g/mol. The number of benzene rings is 2. The van der Waals surface area contributed by atoms with E-state index in [0.29, 0.717) is 5.56 Å². The Labute approximate surface area is 132 Å². The largest absolute Gasteiger partial charge is 0.457 e. The Balaban J connectivity index is 2.11. The SMILES string of the molecule is CS(=O)(=O)c1cccc(C(=O)OCc2cccc([N+](=O)[O-])c2)c1. The van der Waals surface area contributed by atoms with Crippen LogP contribution in [-0.2, 0) is 21.2 Å². The van der Waals surface area contributed by atoms with E-state index in [0.717, 1.165) is 6.26 Å². The van der Waals surface area contributed by atoms with Gasteiger partial charge in [-0.1, -0.05) is 18.2 Å². The maximum absolute atomic E-state index is 12.0. The zero-order valence-electron chi connectivity index (χ0n) is 12.1. The Hall–Kier alpha value is -2.74. The monoisotopic (exact) mass is 335 g/mol. The molecule has 2 rings (SSSR count). The van der Waals surface area contributed by atoms with Crippen molar-refractivity contribution in [1.82, 2.24) is 0 Å². The average Bonchev–Trinajstić information content (AvgIpc) is 2.52. The molecule has 0 saturated heterocycles. The number of carbonyl (C=O) groups excluding carboxylic acids is 1. The van der Waals surface area contributed by atoms with E-state index in [1.807, 2.05) is 0 Å². The molecule has 0 aliphatic rings. The fraction of sp³-hybridized carbons (Fsp3) is 0.133. The predicted molar refractivity (Wildman–Crippen MR) is 81.8 cm³/mol. The summed E-state index contributed by atoms with van der Waals surface area (Å²) < 4.78 is 28.0. The first-order chi connectivity index (χ1) is 10.8. The van der Waals surface area contributed by atoms with E-state index in [2.05, 4.69) is 0 Å². The van der Waals surface area contributed by atoms with E-state index in [1.165, 1.54) is 42.5 Å². The van der Waals surface area contributed by atoms with Crippen LogP contribution in [0.1, 0.15) is 15.9 Å². The van der Waals surface area contributed by atoms with E-state index >= 15 is 0 Å². The normalized spacial score (nSPS) is 11.0. The molecule has 0 saturated carbocycles. The Morgan fingerprint density at radius 2 is 1.87 bits per heavy atom. The lowest BCUT2D eigenvalue weighted by molar-refractivity contribution is -0.384. The number of ether oxygens (including phenoxy) is 1. The van der Waals surface area contributed by atoms with Gasteiger partial charge in [-0.25, -0.2) is 13.2 Å². The number of carbonyl (C=O) groups is 1. The van der Waals surface area contributed by atoms with Crippen LogP contribution in [0.3, 0.4) is 0 Å². The first-order valence-corrected chi connectivity index (χ1v) is 8.37. The van der Waals surface area contributed by atoms with Crippen LogP contribution >= 0.6 is 0 Å². The second-order valence-corrected chi connectivity index (χ2v) is 6.82. The minimum Gasteiger partial charge on any atom is -0.457 e. The highest BCUT2D eigenvalue weighted by Crippen LogP contribution is 2.16. The van der Waals surface area contributed by atoms with Crippen LogP contribution in [0.5, 0.6) is 0 Å². The van der Waals surface area contributed by atoms with E-state index in [4.69, 9.17) is 4.74 Å². The molecule has 0 aliphatic carbocycles. The summed E-state index contributed by atoms with van der Waals surface area (Å²) in [5.74, 6) is -0.706. The van der Waals surface area contributed by atoms with Crippen LogP contribution in [0.4, 0.5) is 5.69 Å². The van der Waals surface area contributed by atoms with Gasteiger partial charge in [0.1, 0.15) is 6.61 Å². The quantitative estimate of drug-likeness (QED) is 0.472. The molecule has 0 amide bonds. The number of sulfone groups is 1. The number of nitro groups is 1. The number of esters is 1. The Morgan fingerprint density at radius 1 is 1.17 bits per heavy atom. The summed E-state index contributed by atoms with van der Waals surface area (Å²) in [5, 5.41) is 10.7. The van der Waals surface area contributed by atoms with Gasteiger partial charge < -0.3 is 4.74 Å². The molecule has 0 N–H and O–H groups in total. The van der Waals surface area contributed by atoms with E-state index in [-0.39, 0.29) is 22.8 Å². The Bertz CT molecular complexity index is 860. The molecule has 0 spiro atoms. The van der Waals surface area contributed by atoms with Gasteiger partial charge in [0.2, 0.25) is 0 Å². The summed E-state index contributed by atoms with van der Waals surface area (Å²) in [7, 11) is -3.42. The van der Waals surface area contributed by atoms with Crippen molar-refractivity contribution in [1.29, 1.82) is 0 Å². The number of hydrogen-bond acceptors (Lipinski definition) is 6. The molecule has 0 aliphatic heterocycles. The van der Waals surface area contributed by atoms with E-state index in [9.17, 15) is 23.3 Å². The molecule has 0 bridgehead atoms. The number of hydrogen-bond donors (Lipinski definition) is 0. The molecule has 8 heteroatoms. The molecule has 7 nitrogen and oxygen atoms in total. The molecular formula is C15H13NO6S. The summed E-state index contributed by atoms with van der Waals surface area (Å²) in [5.41, 5.74) is 0.461. The predicted octanol–water partition coefficient (Wildman–Crippen LogP) is 2.36. The maximum Gasteiger partial charge on any atom is 0.338 e. The van der Waals surface area contributed by atoms with Gasteiger partial charge in [0.15, 0.2) is 9.84 Å². The number of nitrogens with zero attached hydrogens (tertiary/aromatic N) is 1. The van der Waals surface area contributed by atoms with Gasteiger partial charge in [-0.3, -0.25) is 10.1 Å². The minimum atomic E-state index is -3.42. The van der Waals surface area contributed by atoms with Crippen molar-refractivity contribution in [3.8, 4) is 0 Å². The van der Waals surface area contributed by atoms with Crippen LogP contribution in [0, 0.1) is 10.1 Å². The number of rotatable bonds is 5. The van der Waals surface area contributed by atoms with Gasteiger partial charge in [-0.05, 0) is 23.8 Å². The zero-order chi connectivity index (χ0) is 17.0. The van der Waals surface area contributed by atoms with Gasteiger partial charge in [-0.2, -0.15) is 0 Å². The molecular weight excluding hydrogens is 322 g/mol. The number of nitro benzene ring substituents is 1. The molecule has 2 aromatic rings. The molecule has 0 heterocycles. The summed E-state index contributed by atoms with van der Waals surface area (Å²) in [4.78, 5) is 22.1. The second-order valence-electron chi connectivity index (χ2n) is 4.80. The smallest absolute Gasteiger partial charge is 0.338 e. The van der Waals surface area contributed by atoms with Crippen molar-refractivity contribution in [2.24, 2.45) is 0 Å². The molecule has 0 radical (unpaired) electrons. The van der Waals surface area contributed by atoms with Crippen LogP contribution in [0.2, 0.25) is 0 Å². The maximum atomic E-state index is 12.0. The van der Waals surface area contributed by atoms with Crippen molar-refractivity contribution in [3.63, 3.8) is 0 Å². The molecule has 2 aromatic carbocycles. The highest BCUT2D eigenvalue weighted by Gasteiger charge is 2.13. The fourth-order valence-electron chi connectivity index (χ4n) is 1.85. The van der Waals surface area contributed by atoms with Crippen molar-refractivity contribution < 1.29 is 22.9 Å². The van der Waals surface area contributed by atoms with E-state index < -0.39 is 20.7 Å². The zero-order valence-corrected chi connectivity index (χ0v) is 12.9.